The van der Waals surface area contributed by atoms with Crippen LogP contribution < -0.4 is 16.0 Å². The Kier molecular flexibility index (Phi) is 7.38. The number of carbonyl (C=O) groups is 3. The van der Waals surface area contributed by atoms with E-state index in [0.29, 0.717) is 49.6 Å². The number of nitrogens with one attached hydrogen (secondary N) is 2. The molecule has 3 amide bonds. The minimum atomic E-state index is -0.731. The van der Waals surface area contributed by atoms with E-state index in [9.17, 15) is 14.4 Å². The van der Waals surface area contributed by atoms with Crippen LogP contribution in [0.3, 0.4) is 0 Å². The standard InChI is InChI=1S/C23H29ClN6O4/c1-29(23(33)20-19(21(25)31)26-13-27-20)15-4-2-14(3-5-15)22(32)28-18-12-16(6-7-17(18)24)30-8-10-34-11-9-30/h6-7,12-15H,2-5,8-11H2,1H3,(H2,25,31)(H,26,27)(H,28,32)/t14-,15-. The molecule has 1 aliphatic heterocycles. The highest BCUT2D eigenvalue weighted by Gasteiger charge is 2.32. The highest BCUT2D eigenvalue weighted by Crippen LogP contribution is 2.32. The van der Waals surface area contributed by atoms with Crippen molar-refractivity contribution >= 4 is 40.7 Å². The number of nitrogens with zero attached hydrogens (tertiary/aromatic N) is 3. The predicted octanol–water partition coefficient (Wildman–Crippen LogP) is 2.27. The van der Waals surface area contributed by atoms with Gasteiger partial charge in [0.2, 0.25) is 5.91 Å². The van der Waals surface area contributed by atoms with Gasteiger partial charge in [0.05, 0.1) is 30.3 Å². The molecule has 1 aromatic heterocycles. The van der Waals surface area contributed by atoms with Crippen LogP contribution in [0.2, 0.25) is 5.02 Å². The second-order valence-electron chi connectivity index (χ2n) is 8.66. The summed E-state index contributed by atoms with van der Waals surface area (Å²) in [5.41, 5.74) is 6.93. The van der Waals surface area contributed by atoms with Crippen LogP contribution in [0.1, 0.15) is 46.7 Å². The molecule has 2 aromatic rings. The number of carbonyl (C=O) groups excluding carboxylic acids is 3. The summed E-state index contributed by atoms with van der Waals surface area (Å²) in [6.45, 7) is 2.94. The predicted molar refractivity (Wildman–Crippen MR) is 128 cm³/mol. The van der Waals surface area contributed by atoms with Crippen LogP contribution >= 0.6 is 11.6 Å². The number of H-pyrrole nitrogens is 1. The molecule has 0 radical (unpaired) electrons. The maximum Gasteiger partial charge on any atom is 0.274 e. The molecule has 182 valence electrons. The van der Waals surface area contributed by atoms with E-state index in [0.717, 1.165) is 18.8 Å². The van der Waals surface area contributed by atoms with Gasteiger partial charge in [0.15, 0.2) is 5.69 Å². The van der Waals surface area contributed by atoms with E-state index in [1.807, 2.05) is 12.1 Å². The number of aromatic nitrogens is 2. The van der Waals surface area contributed by atoms with Gasteiger partial charge in [-0.2, -0.15) is 0 Å². The number of hydrogen-bond acceptors (Lipinski definition) is 6. The number of halogens is 1. The Morgan fingerprint density at radius 2 is 1.91 bits per heavy atom. The fourth-order valence-electron chi connectivity index (χ4n) is 4.56. The van der Waals surface area contributed by atoms with Gasteiger partial charge in [-0.05, 0) is 43.9 Å². The van der Waals surface area contributed by atoms with Crippen molar-refractivity contribution < 1.29 is 19.1 Å². The number of aromatic amines is 1. The third kappa shape index (κ3) is 5.18. The normalized spacial score (nSPS) is 20.6. The van der Waals surface area contributed by atoms with E-state index in [1.165, 1.54) is 6.33 Å². The highest BCUT2D eigenvalue weighted by atomic mass is 35.5. The average Bonchev–Trinajstić information content (AvgIpc) is 3.35. The van der Waals surface area contributed by atoms with Crippen molar-refractivity contribution in [2.45, 2.75) is 31.7 Å². The van der Waals surface area contributed by atoms with Crippen LogP contribution in [0.4, 0.5) is 11.4 Å². The van der Waals surface area contributed by atoms with Gasteiger partial charge in [-0.1, -0.05) is 11.6 Å². The van der Waals surface area contributed by atoms with E-state index in [-0.39, 0.29) is 35.2 Å². The number of anilines is 2. The number of morpholine rings is 1. The number of primary amides is 1. The third-order valence-electron chi connectivity index (χ3n) is 6.61. The van der Waals surface area contributed by atoms with Gasteiger partial charge in [0, 0.05) is 37.8 Å². The van der Waals surface area contributed by atoms with Gasteiger partial charge in [-0.25, -0.2) is 4.98 Å². The summed E-state index contributed by atoms with van der Waals surface area (Å²) >= 11 is 6.36. The number of hydrogen-bond donors (Lipinski definition) is 3. The first kappa shape index (κ1) is 24.0. The molecule has 11 heteroatoms. The van der Waals surface area contributed by atoms with Gasteiger partial charge in [0.25, 0.3) is 11.8 Å². The first-order valence-corrected chi connectivity index (χ1v) is 11.8. The lowest BCUT2D eigenvalue weighted by Crippen LogP contribution is -2.41. The maximum atomic E-state index is 13.0. The molecule has 1 saturated carbocycles. The number of nitrogens with two attached hydrogens (primary N) is 1. The zero-order chi connectivity index (χ0) is 24.2. The van der Waals surface area contributed by atoms with Crippen molar-refractivity contribution in [1.82, 2.24) is 14.9 Å². The molecule has 34 heavy (non-hydrogen) atoms. The second-order valence-corrected chi connectivity index (χ2v) is 9.07. The molecule has 4 rings (SSSR count). The Hall–Kier alpha value is -3.11. The van der Waals surface area contributed by atoms with Gasteiger partial charge in [0.1, 0.15) is 5.69 Å². The van der Waals surface area contributed by atoms with Gasteiger partial charge in [-0.3, -0.25) is 14.4 Å². The Morgan fingerprint density at radius 1 is 1.21 bits per heavy atom. The molecule has 2 aliphatic rings. The van der Waals surface area contributed by atoms with Crippen molar-refractivity contribution in [3.63, 3.8) is 0 Å². The largest absolute Gasteiger partial charge is 0.378 e. The van der Waals surface area contributed by atoms with Crippen LogP contribution in [0.5, 0.6) is 0 Å². The topological polar surface area (TPSA) is 134 Å². The van der Waals surface area contributed by atoms with E-state index in [2.05, 4.69) is 20.2 Å². The lowest BCUT2D eigenvalue weighted by atomic mass is 9.84. The monoisotopic (exact) mass is 488 g/mol. The van der Waals surface area contributed by atoms with Crippen molar-refractivity contribution in [3.05, 3.63) is 40.9 Å². The fourth-order valence-corrected chi connectivity index (χ4v) is 4.73. The van der Waals surface area contributed by atoms with Crippen LogP contribution in [0, 0.1) is 5.92 Å². The molecule has 0 spiro atoms. The van der Waals surface area contributed by atoms with Gasteiger partial charge >= 0.3 is 0 Å². The minimum absolute atomic E-state index is 0.00102. The van der Waals surface area contributed by atoms with Gasteiger partial charge in [-0.15, -0.1) is 0 Å². The zero-order valence-electron chi connectivity index (χ0n) is 19.1. The molecule has 0 unspecified atom stereocenters. The van der Waals surface area contributed by atoms with E-state index in [1.54, 1.807) is 18.0 Å². The quantitative estimate of drug-likeness (QED) is 0.571. The molecule has 1 aliphatic carbocycles. The van der Waals surface area contributed by atoms with Crippen LogP contribution in [-0.4, -0.2) is 72.0 Å². The number of amides is 3. The molecular formula is C23H29ClN6O4. The number of benzene rings is 1. The SMILES string of the molecule is CN(C(=O)c1nc[nH]c1C(N)=O)[C@H]1CC[C@H](C(=O)Nc2cc(N3CCOCC3)ccc2Cl)CC1. The Balaban J connectivity index is 1.34. The maximum absolute atomic E-state index is 13.0. The molecule has 0 atom stereocenters. The van der Waals surface area contributed by atoms with E-state index in [4.69, 9.17) is 22.1 Å². The fraction of sp³-hybridized carbons (Fsp3) is 0.478. The van der Waals surface area contributed by atoms with Crippen LogP contribution in [0.25, 0.3) is 0 Å². The minimum Gasteiger partial charge on any atom is -0.378 e. The summed E-state index contributed by atoms with van der Waals surface area (Å²) in [7, 11) is 1.68. The lowest BCUT2D eigenvalue weighted by molar-refractivity contribution is -0.121. The second kappa shape index (κ2) is 10.4. The third-order valence-corrected chi connectivity index (χ3v) is 6.94. The summed E-state index contributed by atoms with van der Waals surface area (Å²) in [5.74, 6) is -1.34. The first-order valence-electron chi connectivity index (χ1n) is 11.4. The molecule has 1 saturated heterocycles. The summed E-state index contributed by atoms with van der Waals surface area (Å²) in [5, 5.41) is 3.49. The van der Waals surface area contributed by atoms with Crippen molar-refractivity contribution in [2.24, 2.45) is 11.7 Å². The van der Waals surface area contributed by atoms with Crippen LogP contribution in [-0.2, 0) is 9.53 Å². The summed E-state index contributed by atoms with van der Waals surface area (Å²) < 4.78 is 5.41. The highest BCUT2D eigenvalue weighted by molar-refractivity contribution is 6.33. The zero-order valence-corrected chi connectivity index (χ0v) is 19.8. The molecule has 2 heterocycles. The van der Waals surface area contributed by atoms with Crippen molar-refractivity contribution in [2.75, 3.05) is 43.6 Å². The molecule has 0 bridgehead atoms. The first-order chi connectivity index (χ1) is 16.3. The van der Waals surface area contributed by atoms with E-state index < -0.39 is 5.91 Å². The smallest absolute Gasteiger partial charge is 0.274 e. The Bertz CT molecular complexity index is 1060. The Labute approximate surface area is 202 Å². The summed E-state index contributed by atoms with van der Waals surface area (Å²) in [6.07, 6.45) is 3.88. The molecule has 1 aromatic carbocycles. The van der Waals surface area contributed by atoms with Gasteiger partial charge < -0.3 is 30.6 Å². The number of rotatable bonds is 6. The summed E-state index contributed by atoms with van der Waals surface area (Å²) in [6, 6.07) is 5.60. The van der Waals surface area contributed by atoms with E-state index >= 15 is 0 Å². The molecular weight excluding hydrogens is 460 g/mol. The van der Waals surface area contributed by atoms with Crippen LogP contribution in [0.15, 0.2) is 24.5 Å². The molecule has 10 nitrogen and oxygen atoms in total. The molecule has 2 fully saturated rings. The van der Waals surface area contributed by atoms with Crippen molar-refractivity contribution in [3.8, 4) is 0 Å². The number of ether oxygens (including phenoxy) is 1. The number of imidazole rings is 1. The summed E-state index contributed by atoms with van der Waals surface area (Å²) in [4.78, 5) is 47.7. The van der Waals surface area contributed by atoms with Crippen molar-refractivity contribution in [1.29, 1.82) is 0 Å². The molecule has 4 N–H and O–H groups in total. The lowest BCUT2D eigenvalue weighted by Gasteiger charge is -2.34. The Morgan fingerprint density at radius 3 is 2.59 bits per heavy atom. The average molecular weight is 489 g/mol.